The molecule has 1 aliphatic carbocycles. The number of hydrogen-bond acceptors (Lipinski definition) is 0. The molecule has 0 bridgehead atoms. The average molecular weight is 176 g/mol. The highest BCUT2D eigenvalue weighted by molar-refractivity contribution is 5.19. The molecule has 0 aliphatic heterocycles. The molecule has 0 heteroatoms. The largest absolute Gasteiger partial charge is 0.121 e. The van der Waals surface area contributed by atoms with Crippen LogP contribution in [-0.4, -0.2) is 0 Å². The average Bonchev–Trinajstić information content (AvgIpc) is 2.21. The quantitative estimate of drug-likeness (QED) is 0.445. The summed E-state index contributed by atoms with van der Waals surface area (Å²) in [6.45, 7) is 6.02. The van der Waals surface area contributed by atoms with Crippen molar-refractivity contribution < 1.29 is 0 Å². The summed E-state index contributed by atoms with van der Waals surface area (Å²) in [5, 5.41) is 0. The third-order valence-corrected chi connectivity index (χ3v) is 2.74. The molecule has 0 amide bonds. The molecule has 0 unspecified atom stereocenters. The maximum atomic E-state index is 3.87. The van der Waals surface area contributed by atoms with Crippen LogP contribution in [0.5, 0.6) is 0 Å². The van der Waals surface area contributed by atoms with E-state index in [-0.39, 0.29) is 0 Å². The molecule has 0 aromatic rings. The minimum absolute atomic E-state index is 0.744. The van der Waals surface area contributed by atoms with Gasteiger partial charge < -0.3 is 0 Å². The Hall–Kier alpha value is -0.740. The molecular formula is C13H20. The van der Waals surface area contributed by atoms with Gasteiger partial charge in [-0.05, 0) is 36.8 Å². The van der Waals surface area contributed by atoms with Crippen LogP contribution in [0, 0.1) is 5.92 Å². The van der Waals surface area contributed by atoms with E-state index in [0.29, 0.717) is 0 Å². The van der Waals surface area contributed by atoms with E-state index < -0.39 is 0 Å². The first kappa shape index (κ1) is 10.3. The maximum absolute atomic E-state index is 3.87. The predicted octanol–water partition coefficient (Wildman–Crippen LogP) is 4.24. The fourth-order valence-electron chi connectivity index (χ4n) is 1.98. The molecule has 0 heterocycles. The van der Waals surface area contributed by atoms with Crippen molar-refractivity contribution in [2.45, 2.75) is 45.4 Å². The molecule has 1 rings (SSSR count). The Morgan fingerprint density at radius 2 is 2.08 bits per heavy atom. The Kier molecular flexibility index (Phi) is 4.64. The lowest BCUT2D eigenvalue weighted by Crippen LogP contribution is -2.07. The predicted molar refractivity (Wildman–Crippen MR) is 58.7 cm³/mol. The third-order valence-electron chi connectivity index (χ3n) is 2.74. The molecular weight excluding hydrogens is 156 g/mol. The number of rotatable bonds is 3. The SMILES string of the molecule is C=CC(=C=CCC)C1CCCCC1. The van der Waals surface area contributed by atoms with E-state index in [2.05, 4.69) is 25.3 Å². The Bertz CT molecular complexity index is 210. The first-order valence-electron chi connectivity index (χ1n) is 5.46. The number of hydrogen-bond donors (Lipinski definition) is 0. The van der Waals surface area contributed by atoms with Crippen molar-refractivity contribution in [1.29, 1.82) is 0 Å². The Morgan fingerprint density at radius 1 is 1.38 bits per heavy atom. The molecule has 0 aromatic heterocycles. The first-order valence-corrected chi connectivity index (χ1v) is 5.46. The fourth-order valence-corrected chi connectivity index (χ4v) is 1.98. The van der Waals surface area contributed by atoms with Gasteiger partial charge in [-0.2, -0.15) is 0 Å². The van der Waals surface area contributed by atoms with E-state index >= 15 is 0 Å². The van der Waals surface area contributed by atoms with Crippen molar-refractivity contribution in [3.8, 4) is 0 Å². The molecule has 72 valence electrons. The van der Waals surface area contributed by atoms with Gasteiger partial charge in [0, 0.05) is 0 Å². The lowest BCUT2D eigenvalue weighted by molar-refractivity contribution is 0.408. The van der Waals surface area contributed by atoms with Gasteiger partial charge >= 0.3 is 0 Å². The van der Waals surface area contributed by atoms with Crippen LogP contribution in [0.3, 0.4) is 0 Å². The molecule has 13 heavy (non-hydrogen) atoms. The Morgan fingerprint density at radius 3 is 2.62 bits per heavy atom. The zero-order chi connectivity index (χ0) is 9.52. The molecule has 0 N–H and O–H groups in total. The summed E-state index contributed by atoms with van der Waals surface area (Å²) in [4.78, 5) is 0. The van der Waals surface area contributed by atoms with Crippen LogP contribution in [0.25, 0.3) is 0 Å². The van der Waals surface area contributed by atoms with Gasteiger partial charge in [0.1, 0.15) is 0 Å². The summed E-state index contributed by atoms with van der Waals surface area (Å²) in [6.07, 6.45) is 12.0. The van der Waals surface area contributed by atoms with Crippen molar-refractivity contribution in [3.05, 3.63) is 30.0 Å². The molecule has 1 saturated carbocycles. The van der Waals surface area contributed by atoms with Gasteiger partial charge in [0.2, 0.25) is 0 Å². The summed E-state index contributed by atoms with van der Waals surface area (Å²) in [5.74, 6) is 0.744. The van der Waals surface area contributed by atoms with Gasteiger partial charge in [0.05, 0.1) is 0 Å². The van der Waals surface area contributed by atoms with Gasteiger partial charge in [-0.15, -0.1) is 5.73 Å². The highest BCUT2D eigenvalue weighted by Gasteiger charge is 2.15. The summed E-state index contributed by atoms with van der Waals surface area (Å²) < 4.78 is 0. The summed E-state index contributed by atoms with van der Waals surface area (Å²) in [5.41, 5.74) is 4.70. The van der Waals surface area contributed by atoms with Gasteiger partial charge in [-0.3, -0.25) is 0 Å². The molecule has 0 nitrogen and oxygen atoms in total. The standard InChI is InChI=1S/C13H20/c1-3-5-9-12(4-2)13-10-7-6-8-11-13/h4-5,13H,2-3,6-8,10-11H2,1H3. The molecule has 0 spiro atoms. The second-order valence-corrected chi connectivity index (χ2v) is 3.75. The lowest BCUT2D eigenvalue weighted by Gasteiger charge is -2.21. The monoisotopic (exact) mass is 176 g/mol. The van der Waals surface area contributed by atoms with E-state index in [9.17, 15) is 0 Å². The van der Waals surface area contributed by atoms with Crippen LogP contribution < -0.4 is 0 Å². The minimum atomic E-state index is 0.744. The Labute approximate surface area is 82.0 Å². The van der Waals surface area contributed by atoms with Crippen molar-refractivity contribution in [3.63, 3.8) is 0 Å². The van der Waals surface area contributed by atoms with E-state index in [0.717, 1.165) is 12.3 Å². The Balaban J connectivity index is 2.64. The van der Waals surface area contributed by atoms with Gasteiger partial charge in [-0.1, -0.05) is 38.8 Å². The van der Waals surface area contributed by atoms with Gasteiger partial charge in [0.25, 0.3) is 0 Å². The normalized spacial score (nSPS) is 17.6. The number of allylic oxidation sites excluding steroid dienone is 2. The third kappa shape index (κ3) is 3.24. The molecule has 0 atom stereocenters. The van der Waals surface area contributed by atoms with Crippen molar-refractivity contribution in [2.75, 3.05) is 0 Å². The minimum Gasteiger partial charge on any atom is -0.121 e. The van der Waals surface area contributed by atoms with E-state index in [1.54, 1.807) is 0 Å². The molecule has 0 saturated heterocycles. The van der Waals surface area contributed by atoms with Crippen LogP contribution in [0.2, 0.25) is 0 Å². The molecule has 1 aliphatic rings. The van der Waals surface area contributed by atoms with E-state index in [1.165, 1.54) is 37.7 Å². The van der Waals surface area contributed by atoms with Crippen molar-refractivity contribution >= 4 is 0 Å². The summed E-state index contributed by atoms with van der Waals surface area (Å²) in [7, 11) is 0. The van der Waals surface area contributed by atoms with Crippen LogP contribution in [-0.2, 0) is 0 Å². The highest BCUT2D eigenvalue weighted by atomic mass is 14.2. The second-order valence-electron chi connectivity index (χ2n) is 3.75. The van der Waals surface area contributed by atoms with E-state index in [4.69, 9.17) is 0 Å². The molecule has 0 aromatic carbocycles. The van der Waals surface area contributed by atoms with Crippen LogP contribution >= 0.6 is 0 Å². The van der Waals surface area contributed by atoms with Crippen LogP contribution in [0.4, 0.5) is 0 Å². The first-order chi connectivity index (χ1) is 6.38. The zero-order valence-corrected chi connectivity index (χ0v) is 8.68. The van der Waals surface area contributed by atoms with Crippen molar-refractivity contribution in [1.82, 2.24) is 0 Å². The summed E-state index contributed by atoms with van der Waals surface area (Å²) in [6, 6.07) is 0. The highest BCUT2D eigenvalue weighted by Crippen LogP contribution is 2.29. The smallest absolute Gasteiger partial charge is 0.00386 e. The second kappa shape index (κ2) is 5.83. The van der Waals surface area contributed by atoms with Gasteiger partial charge in [0.15, 0.2) is 0 Å². The fraction of sp³-hybridized carbons (Fsp3) is 0.615. The summed E-state index contributed by atoms with van der Waals surface area (Å²) >= 11 is 0. The van der Waals surface area contributed by atoms with Crippen molar-refractivity contribution in [2.24, 2.45) is 5.92 Å². The topological polar surface area (TPSA) is 0 Å². The lowest BCUT2D eigenvalue weighted by atomic mass is 9.84. The van der Waals surface area contributed by atoms with Crippen LogP contribution in [0.15, 0.2) is 30.0 Å². The van der Waals surface area contributed by atoms with E-state index in [1.807, 2.05) is 6.08 Å². The zero-order valence-electron chi connectivity index (χ0n) is 8.68. The van der Waals surface area contributed by atoms with Crippen LogP contribution in [0.1, 0.15) is 45.4 Å². The molecule has 1 fully saturated rings. The maximum Gasteiger partial charge on any atom is -0.00386 e. The molecule has 0 radical (unpaired) electrons. The van der Waals surface area contributed by atoms with Gasteiger partial charge in [-0.25, -0.2) is 0 Å².